The zero-order chi connectivity index (χ0) is 9.90. The van der Waals surface area contributed by atoms with Crippen LogP contribution in [0.2, 0.25) is 19.6 Å². The standard InChI is InChI=1S/C10H23NOSi/c1-13(2,3)10(12)7-9-5-4-6-11-8-9/h9-12H,4-8H2,1-3H3. The predicted octanol–water partition coefficient (Wildman–Crippen LogP) is 1.61. The summed E-state index contributed by atoms with van der Waals surface area (Å²) in [6.45, 7) is 9.01. The maximum absolute atomic E-state index is 9.97. The monoisotopic (exact) mass is 201 g/mol. The molecule has 1 heterocycles. The van der Waals surface area contributed by atoms with Crippen molar-refractivity contribution in [2.75, 3.05) is 13.1 Å². The molecule has 0 aromatic heterocycles. The molecular weight excluding hydrogens is 178 g/mol. The number of hydrogen-bond acceptors (Lipinski definition) is 2. The number of rotatable bonds is 3. The van der Waals surface area contributed by atoms with Gasteiger partial charge in [-0.05, 0) is 38.3 Å². The van der Waals surface area contributed by atoms with E-state index in [0.717, 1.165) is 18.9 Å². The largest absolute Gasteiger partial charge is 0.397 e. The van der Waals surface area contributed by atoms with Gasteiger partial charge in [0.2, 0.25) is 0 Å². The van der Waals surface area contributed by atoms with Crippen molar-refractivity contribution in [3.05, 3.63) is 0 Å². The van der Waals surface area contributed by atoms with Gasteiger partial charge >= 0.3 is 0 Å². The zero-order valence-electron chi connectivity index (χ0n) is 9.14. The highest BCUT2D eigenvalue weighted by molar-refractivity contribution is 6.77. The first-order valence-corrected chi connectivity index (χ1v) is 8.96. The first kappa shape index (κ1) is 11.2. The maximum atomic E-state index is 9.97. The predicted molar refractivity (Wildman–Crippen MR) is 59.6 cm³/mol. The molecule has 2 atom stereocenters. The van der Waals surface area contributed by atoms with E-state index in [1.54, 1.807) is 0 Å². The van der Waals surface area contributed by atoms with Crippen molar-refractivity contribution in [2.24, 2.45) is 5.92 Å². The number of nitrogens with one attached hydrogen (secondary N) is 1. The summed E-state index contributed by atoms with van der Waals surface area (Å²) in [7, 11) is -1.32. The molecule has 1 aliphatic rings. The van der Waals surface area contributed by atoms with Gasteiger partial charge in [0.05, 0.1) is 8.07 Å². The second kappa shape index (κ2) is 4.58. The molecule has 3 heteroatoms. The summed E-state index contributed by atoms with van der Waals surface area (Å²) in [6.07, 6.45) is 3.60. The first-order valence-electron chi connectivity index (χ1n) is 5.39. The average molecular weight is 201 g/mol. The fourth-order valence-corrected chi connectivity index (χ4v) is 2.83. The molecule has 0 radical (unpaired) electrons. The van der Waals surface area contributed by atoms with Crippen LogP contribution in [0.3, 0.4) is 0 Å². The smallest absolute Gasteiger partial charge is 0.0781 e. The second-order valence-corrected chi connectivity index (χ2v) is 10.7. The van der Waals surface area contributed by atoms with E-state index in [4.69, 9.17) is 0 Å². The van der Waals surface area contributed by atoms with Crippen molar-refractivity contribution >= 4 is 8.07 Å². The maximum Gasteiger partial charge on any atom is 0.0781 e. The van der Waals surface area contributed by atoms with Gasteiger partial charge in [0.1, 0.15) is 0 Å². The van der Waals surface area contributed by atoms with Crippen LogP contribution in [-0.2, 0) is 0 Å². The van der Waals surface area contributed by atoms with Crippen LogP contribution in [0.15, 0.2) is 0 Å². The zero-order valence-corrected chi connectivity index (χ0v) is 10.1. The fraction of sp³-hybridized carbons (Fsp3) is 1.00. The molecule has 78 valence electrons. The molecule has 1 fully saturated rings. The number of aliphatic hydroxyl groups excluding tert-OH is 1. The Labute approximate surface area is 82.7 Å². The molecule has 0 saturated carbocycles. The van der Waals surface area contributed by atoms with Crippen molar-refractivity contribution in [1.82, 2.24) is 5.32 Å². The molecule has 0 spiro atoms. The van der Waals surface area contributed by atoms with Gasteiger partial charge in [-0.25, -0.2) is 0 Å². The molecule has 1 rings (SSSR count). The fourth-order valence-electron chi connectivity index (χ4n) is 1.79. The quantitative estimate of drug-likeness (QED) is 0.680. The van der Waals surface area contributed by atoms with Gasteiger partial charge < -0.3 is 10.4 Å². The first-order chi connectivity index (χ1) is 6.00. The van der Waals surface area contributed by atoms with E-state index in [0.29, 0.717) is 0 Å². The minimum absolute atomic E-state index is 0.0163. The molecular formula is C10H23NOSi. The van der Waals surface area contributed by atoms with Crippen LogP contribution in [0.1, 0.15) is 19.3 Å². The topological polar surface area (TPSA) is 32.3 Å². The molecule has 2 N–H and O–H groups in total. The lowest BCUT2D eigenvalue weighted by Gasteiger charge is -2.30. The Kier molecular flexibility index (Phi) is 3.95. The molecule has 1 saturated heterocycles. The van der Waals surface area contributed by atoms with Crippen LogP contribution in [-0.4, -0.2) is 32.0 Å². The average Bonchev–Trinajstić information content (AvgIpc) is 2.04. The molecule has 0 amide bonds. The van der Waals surface area contributed by atoms with E-state index in [-0.39, 0.29) is 5.73 Å². The van der Waals surface area contributed by atoms with Crippen molar-refractivity contribution in [3.63, 3.8) is 0 Å². The Morgan fingerprint density at radius 2 is 2.15 bits per heavy atom. The van der Waals surface area contributed by atoms with Gasteiger partial charge in [0.25, 0.3) is 0 Å². The van der Waals surface area contributed by atoms with E-state index >= 15 is 0 Å². The van der Waals surface area contributed by atoms with Crippen molar-refractivity contribution < 1.29 is 5.11 Å². The van der Waals surface area contributed by atoms with Crippen LogP contribution in [0, 0.1) is 5.92 Å². The van der Waals surface area contributed by atoms with Gasteiger partial charge in [0.15, 0.2) is 0 Å². The highest BCUT2D eigenvalue weighted by atomic mass is 28.3. The van der Waals surface area contributed by atoms with Crippen LogP contribution in [0.4, 0.5) is 0 Å². The number of hydrogen-bond donors (Lipinski definition) is 2. The third kappa shape index (κ3) is 3.79. The van der Waals surface area contributed by atoms with Crippen molar-refractivity contribution in [3.8, 4) is 0 Å². The molecule has 2 nitrogen and oxygen atoms in total. The Morgan fingerprint density at radius 1 is 1.46 bits per heavy atom. The minimum Gasteiger partial charge on any atom is -0.397 e. The van der Waals surface area contributed by atoms with Gasteiger partial charge in [-0.15, -0.1) is 0 Å². The third-order valence-electron chi connectivity index (χ3n) is 2.96. The molecule has 13 heavy (non-hydrogen) atoms. The van der Waals surface area contributed by atoms with Crippen LogP contribution < -0.4 is 5.32 Å². The summed E-state index contributed by atoms with van der Waals surface area (Å²) in [5.41, 5.74) is -0.0163. The highest BCUT2D eigenvalue weighted by Gasteiger charge is 2.27. The summed E-state index contributed by atoms with van der Waals surface area (Å²) in [5, 5.41) is 13.4. The summed E-state index contributed by atoms with van der Waals surface area (Å²) in [6, 6.07) is 0. The van der Waals surface area contributed by atoms with Gasteiger partial charge in [-0.1, -0.05) is 19.6 Å². The van der Waals surface area contributed by atoms with Crippen LogP contribution in [0.5, 0.6) is 0 Å². The summed E-state index contributed by atoms with van der Waals surface area (Å²) in [4.78, 5) is 0. The second-order valence-electron chi connectivity index (χ2n) is 5.33. The van der Waals surface area contributed by atoms with Crippen molar-refractivity contribution in [2.45, 2.75) is 44.6 Å². The van der Waals surface area contributed by atoms with Gasteiger partial charge in [0, 0.05) is 5.73 Å². The molecule has 0 aromatic rings. The third-order valence-corrected chi connectivity index (χ3v) is 5.19. The molecule has 2 unspecified atom stereocenters. The lowest BCUT2D eigenvalue weighted by molar-refractivity contribution is 0.192. The SMILES string of the molecule is C[Si](C)(C)C(O)CC1CCCNC1. The Bertz CT molecular complexity index is 149. The molecule has 0 bridgehead atoms. The van der Waals surface area contributed by atoms with Gasteiger partial charge in [-0.3, -0.25) is 0 Å². The molecule has 0 aromatic carbocycles. The van der Waals surface area contributed by atoms with E-state index in [1.165, 1.54) is 19.4 Å². The van der Waals surface area contributed by atoms with Crippen LogP contribution >= 0.6 is 0 Å². The number of piperidine rings is 1. The summed E-state index contributed by atoms with van der Waals surface area (Å²) >= 11 is 0. The lowest BCUT2D eigenvalue weighted by Crippen LogP contribution is -2.42. The Hall–Kier alpha value is 0.137. The summed E-state index contributed by atoms with van der Waals surface area (Å²) < 4.78 is 0. The van der Waals surface area contributed by atoms with E-state index in [9.17, 15) is 5.11 Å². The van der Waals surface area contributed by atoms with E-state index < -0.39 is 8.07 Å². The van der Waals surface area contributed by atoms with E-state index in [1.807, 2.05) is 0 Å². The van der Waals surface area contributed by atoms with Gasteiger partial charge in [-0.2, -0.15) is 0 Å². The highest BCUT2D eigenvalue weighted by Crippen LogP contribution is 2.20. The normalized spacial score (nSPS) is 27.2. The lowest BCUT2D eigenvalue weighted by atomic mass is 9.97. The van der Waals surface area contributed by atoms with Crippen molar-refractivity contribution in [1.29, 1.82) is 0 Å². The number of aliphatic hydroxyl groups is 1. The summed E-state index contributed by atoms with van der Waals surface area (Å²) in [5.74, 6) is 0.718. The Morgan fingerprint density at radius 3 is 2.62 bits per heavy atom. The Balaban J connectivity index is 2.30. The molecule has 0 aliphatic carbocycles. The minimum atomic E-state index is -1.32. The molecule has 1 aliphatic heterocycles. The van der Waals surface area contributed by atoms with E-state index in [2.05, 4.69) is 25.0 Å². The van der Waals surface area contributed by atoms with Crippen LogP contribution in [0.25, 0.3) is 0 Å².